The molecule has 1 atom stereocenters. The van der Waals surface area contributed by atoms with E-state index in [1.165, 1.54) is 19.2 Å². The Bertz CT molecular complexity index is 474. The maximum absolute atomic E-state index is 10.8. The molecular formula is C11H13NO7. The zero-order chi connectivity index (χ0) is 14.4. The van der Waals surface area contributed by atoms with E-state index in [2.05, 4.69) is 4.74 Å². The molecule has 0 amide bonds. The number of aromatic carboxylic acids is 1. The molecule has 1 aromatic rings. The van der Waals surface area contributed by atoms with Crippen molar-refractivity contribution in [3.05, 3.63) is 33.9 Å². The number of carboxylic acid groups (broad SMARTS) is 1. The highest BCUT2D eigenvalue weighted by Crippen LogP contribution is 2.28. The minimum atomic E-state index is -1.27. The number of benzene rings is 1. The Kier molecular flexibility index (Phi) is 5.22. The normalized spacial score (nSPS) is 11.9. The third-order valence-corrected chi connectivity index (χ3v) is 2.19. The number of ether oxygens (including phenoxy) is 2. The fourth-order valence-corrected chi connectivity index (χ4v) is 1.34. The van der Waals surface area contributed by atoms with Gasteiger partial charge in [-0.2, -0.15) is 0 Å². The SMILES string of the molecule is COCC(O)COc1ccc(C(=O)O)cc1[N+](=O)[O-]. The van der Waals surface area contributed by atoms with Crippen LogP contribution in [0.4, 0.5) is 5.69 Å². The number of methoxy groups -OCH3 is 1. The average Bonchev–Trinajstić information content (AvgIpc) is 2.36. The number of nitro groups is 1. The Labute approximate surface area is 108 Å². The molecule has 0 aromatic heterocycles. The summed E-state index contributed by atoms with van der Waals surface area (Å²) < 4.78 is 9.76. The van der Waals surface area contributed by atoms with Crippen LogP contribution in [-0.2, 0) is 4.74 Å². The molecule has 104 valence electrons. The van der Waals surface area contributed by atoms with Crippen molar-refractivity contribution in [2.45, 2.75) is 6.10 Å². The van der Waals surface area contributed by atoms with Crippen molar-refractivity contribution in [2.75, 3.05) is 20.3 Å². The molecule has 0 saturated carbocycles. The summed E-state index contributed by atoms with van der Waals surface area (Å²) in [6.07, 6.45) is -0.927. The van der Waals surface area contributed by atoms with Gasteiger partial charge < -0.3 is 19.7 Å². The van der Waals surface area contributed by atoms with Crippen molar-refractivity contribution in [3.8, 4) is 5.75 Å². The van der Waals surface area contributed by atoms with Crippen molar-refractivity contribution in [1.82, 2.24) is 0 Å². The second kappa shape index (κ2) is 6.66. The molecule has 0 spiro atoms. The van der Waals surface area contributed by atoms with Crippen LogP contribution in [0.25, 0.3) is 0 Å². The summed E-state index contributed by atoms with van der Waals surface area (Å²) in [7, 11) is 1.40. The van der Waals surface area contributed by atoms with Crippen molar-refractivity contribution >= 4 is 11.7 Å². The van der Waals surface area contributed by atoms with Gasteiger partial charge in [-0.1, -0.05) is 0 Å². The lowest BCUT2D eigenvalue weighted by Crippen LogP contribution is -2.22. The second-order valence-electron chi connectivity index (χ2n) is 3.66. The third-order valence-electron chi connectivity index (χ3n) is 2.19. The van der Waals surface area contributed by atoms with Crippen LogP contribution in [0.3, 0.4) is 0 Å². The molecule has 19 heavy (non-hydrogen) atoms. The van der Waals surface area contributed by atoms with Gasteiger partial charge in [0.1, 0.15) is 12.7 Å². The third kappa shape index (κ3) is 4.19. The molecule has 0 aliphatic rings. The molecule has 2 N–H and O–H groups in total. The van der Waals surface area contributed by atoms with Crippen LogP contribution < -0.4 is 4.74 Å². The van der Waals surface area contributed by atoms with Crippen LogP contribution in [0, 0.1) is 10.1 Å². The van der Waals surface area contributed by atoms with Crippen LogP contribution in [0.1, 0.15) is 10.4 Å². The monoisotopic (exact) mass is 271 g/mol. The van der Waals surface area contributed by atoms with Gasteiger partial charge >= 0.3 is 11.7 Å². The lowest BCUT2D eigenvalue weighted by Gasteiger charge is -2.11. The van der Waals surface area contributed by atoms with Crippen molar-refractivity contribution < 1.29 is 29.4 Å². The first-order chi connectivity index (χ1) is 8.95. The Morgan fingerprint density at radius 1 is 1.47 bits per heavy atom. The maximum Gasteiger partial charge on any atom is 0.335 e. The van der Waals surface area contributed by atoms with Crippen molar-refractivity contribution in [2.24, 2.45) is 0 Å². The van der Waals surface area contributed by atoms with Gasteiger partial charge in [-0.3, -0.25) is 10.1 Å². The van der Waals surface area contributed by atoms with Crippen LogP contribution in [0.5, 0.6) is 5.75 Å². The van der Waals surface area contributed by atoms with Gasteiger partial charge in [0.05, 0.1) is 17.1 Å². The van der Waals surface area contributed by atoms with Crippen LogP contribution in [-0.4, -0.2) is 47.5 Å². The summed E-state index contributed by atoms with van der Waals surface area (Å²) in [5, 5.41) is 28.9. The van der Waals surface area contributed by atoms with E-state index in [4.69, 9.17) is 9.84 Å². The molecule has 0 fully saturated rings. The molecule has 8 heteroatoms. The van der Waals surface area contributed by atoms with E-state index in [1.807, 2.05) is 0 Å². The smallest absolute Gasteiger partial charge is 0.335 e. The summed E-state index contributed by atoms with van der Waals surface area (Å²) in [4.78, 5) is 20.8. The highest BCUT2D eigenvalue weighted by atomic mass is 16.6. The summed E-state index contributed by atoms with van der Waals surface area (Å²) >= 11 is 0. The van der Waals surface area contributed by atoms with Crippen LogP contribution >= 0.6 is 0 Å². The molecule has 0 heterocycles. The van der Waals surface area contributed by atoms with Crippen molar-refractivity contribution in [1.29, 1.82) is 0 Å². The van der Waals surface area contributed by atoms with Gasteiger partial charge in [0.2, 0.25) is 0 Å². The van der Waals surface area contributed by atoms with Crippen LogP contribution in [0.2, 0.25) is 0 Å². The molecule has 0 bridgehead atoms. The molecule has 1 unspecified atom stereocenters. The van der Waals surface area contributed by atoms with Gasteiger partial charge in [0.15, 0.2) is 5.75 Å². The van der Waals surface area contributed by atoms with Gasteiger partial charge in [0.25, 0.3) is 0 Å². The van der Waals surface area contributed by atoms with E-state index < -0.39 is 22.7 Å². The lowest BCUT2D eigenvalue weighted by atomic mass is 10.2. The van der Waals surface area contributed by atoms with E-state index >= 15 is 0 Å². The summed E-state index contributed by atoms with van der Waals surface area (Å²) in [6, 6.07) is 3.27. The maximum atomic E-state index is 10.8. The molecular weight excluding hydrogens is 258 g/mol. The van der Waals surface area contributed by atoms with Crippen LogP contribution in [0.15, 0.2) is 18.2 Å². The fraction of sp³-hybridized carbons (Fsp3) is 0.364. The Morgan fingerprint density at radius 3 is 2.68 bits per heavy atom. The minimum Gasteiger partial charge on any atom is -0.484 e. The first-order valence-corrected chi connectivity index (χ1v) is 5.27. The number of hydrogen-bond acceptors (Lipinski definition) is 6. The number of carboxylic acids is 1. The van der Waals surface area contributed by atoms with E-state index in [0.717, 1.165) is 6.07 Å². The number of hydrogen-bond donors (Lipinski definition) is 2. The molecule has 0 radical (unpaired) electrons. The van der Waals surface area contributed by atoms with Gasteiger partial charge in [-0.05, 0) is 12.1 Å². The predicted octanol–water partition coefficient (Wildman–Crippen LogP) is 0.679. The number of aliphatic hydroxyl groups excluding tert-OH is 1. The first kappa shape index (κ1) is 14.9. The fourth-order valence-electron chi connectivity index (χ4n) is 1.34. The van der Waals surface area contributed by atoms with E-state index in [1.54, 1.807) is 0 Å². The number of carbonyl (C=O) groups is 1. The quantitative estimate of drug-likeness (QED) is 0.552. The molecule has 0 saturated heterocycles. The molecule has 8 nitrogen and oxygen atoms in total. The largest absolute Gasteiger partial charge is 0.484 e. The van der Waals surface area contributed by atoms with Gasteiger partial charge in [-0.25, -0.2) is 4.79 Å². The van der Waals surface area contributed by atoms with Gasteiger partial charge in [0, 0.05) is 13.2 Å². The molecule has 1 rings (SSSR count). The summed E-state index contributed by atoms with van der Waals surface area (Å²) in [5.41, 5.74) is -0.680. The second-order valence-corrected chi connectivity index (χ2v) is 3.66. The standard InChI is InChI=1S/C11H13NO7/c1-18-5-8(13)6-19-10-3-2-7(11(14)15)4-9(10)12(16)17/h2-4,8,13H,5-6H2,1H3,(H,14,15). The minimum absolute atomic E-state index is 0.0288. The molecule has 0 aliphatic heterocycles. The molecule has 0 aliphatic carbocycles. The number of rotatable bonds is 7. The number of nitro benzene ring substituents is 1. The number of nitrogens with zero attached hydrogens (tertiary/aromatic N) is 1. The predicted molar refractivity (Wildman–Crippen MR) is 63.4 cm³/mol. The zero-order valence-electron chi connectivity index (χ0n) is 10.1. The van der Waals surface area contributed by atoms with E-state index in [0.29, 0.717) is 0 Å². The highest BCUT2D eigenvalue weighted by molar-refractivity contribution is 5.88. The first-order valence-electron chi connectivity index (χ1n) is 5.27. The highest BCUT2D eigenvalue weighted by Gasteiger charge is 2.19. The lowest BCUT2D eigenvalue weighted by molar-refractivity contribution is -0.386. The Morgan fingerprint density at radius 2 is 2.16 bits per heavy atom. The van der Waals surface area contributed by atoms with E-state index in [-0.39, 0.29) is 24.5 Å². The van der Waals surface area contributed by atoms with E-state index in [9.17, 15) is 20.0 Å². The summed E-state index contributed by atoms with van der Waals surface area (Å²) in [5.74, 6) is -1.38. The van der Waals surface area contributed by atoms with Gasteiger partial charge in [-0.15, -0.1) is 0 Å². The zero-order valence-corrected chi connectivity index (χ0v) is 10.1. The molecule has 1 aromatic carbocycles. The summed E-state index contributed by atoms with van der Waals surface area (Å²) in [6.45, 7) is -0.165. The van der Waals surface area contributed by atoms with Crippen molar-refractivity contribution in [3.63, 3.8) is 0 Å². The topological polar surface area (TPSA) is 119 Å². The Hall–Kier alpha value is -2.19. The Balaban J connectivity index is 2.88. The average molecular weight is 271 g/mol. The number of aliphatic hydroxyl groups is 1.